The zero-order valence-electron chi connectivity index (χ0n) is 14.8. The lowest BCUT2D eigenvalue weighted by Crippen LogP contribution is -2.42. The fourth-order valence-corrected chi connectivity index (χ4v) is 2.56. The molecule has 0 fully saturated rings. The number of hydrogen-bond donors (Lipinski definition) is 2. The molecule has 3 amide bonds. The molecule has 8 nitrogen and oxygen atoms in total. The SMILES string of the molecule is Cc1nn(Cc2ccccc2)c(Cl)c1/C=C/C(=O)O[C@H](C)C(=O)NC(N)=O. The van der Waals surface area contributed by atoms with Crippen LogP contribution in [0.5, 0.6) is 0 Å². The Hall–Kier alpha value is -3.13. The van der Waals surface area contributed by atoms with Gasteiger partial charge in [-0.1, -0.05) is 41.9 Å². The fourth-order valence-electron chi connectivity index (χ4n) is 2.26. The number of ether oxygens (including phenoxy) is 1. The van der Waals surface area contributed by atoms with Gasteiger partial charge in [0.2, 0.25) is 0 Å². The summed E-state index contributed by atoms with van der Waals surface area (Å²) in [4.78, 5) is 34.0. The second-order valence-corrected chi connectivity index (χ2v) is 6.06. The van der Waals surface area contributed by atoms with Crippen LogP contribution in [0, 0.1) is 6.92 Å². The molecule has 3 N–H and O–H groups in total. The Morgan fingerprint density at radius 3 is 2.63 bits per heavy atom. The van der Waals surface area contributed by atoms with E-state index in [1.165, 1.54) is 13.0 Å². The fraction of sp³-hybridized carbons (Fsp3) is 0.222. The highest BCUT2D eigenvalue weighted by atomic mass is 35.5. The number of aryl methyl sites for hydroxylation is 1. The lowest BCUT2D eigenvalue weighted by Gasteiger charge is -2.10. The first kappa shape index (κ1) is 20.2. The average molecular weight is 391 g/mol. The molecule has 0 aliphatic rings. The molecule has 0 aliphatic heterocycles. The molecule has 1 heterocycles. The average Bonchev–Trinajstić information content (AvgIpc) is 2.86. The number of rotatable bonds is 6. The smallest absolute Gasteiger partial charge is 0.331 e. The summed E-state index contributed by atoms with van der Waals surface area (Å²) in [6, 6.07) is 8.66. The number of nitrogens with zero attached hydrogens (tertiary/aromatic N) is 2. The Bertz CT molecular complexity index is 877. The van der Waals surface area contributed by atoms with E-state index in [2.05, 4.69) is 5.10 Å². The van der Waals surface area contributed by atoms with E-state index in [1.54, 1.807) is 11.6 Å². The van der Waals surface area contributed by atoms with Gasteiger partial charge in [0.05, 0.1) is 12.2 Å². The van der Waals surface area contributed by atoms with Crippen LogP contribution in [0.4, 0.5) is 4.79 Å². The summed E-state index contributed by atoms with van der Waals surface area (Å²) in [5, 5.41) is 6.58. The molecular formula is C18H19ClN4O4. The van der Waals surface area contributed by atoms with E-state index in [4.69, 9.17) is 22.1 Å². The van der Waals surface area contributed by atoms with Gasteiger partial charge in [-0.25, -0.2) is 14.3 Å². The van der Waals surface area contributed by atoms with Gasteiger partial charge in [-0.3, -0.25) is 10.1 Å². The van der Waals surface area contributed by atoms with Crippen molar-refractivity contribution in [3.8, 4) is 0 Å². The van der Waals surface area contributed by atoms with E-state index in [0.717, 1.165) is 11.6 Å². The second kappa shape index (κ2) is 9.00. The predicted octanol–water partition coefficient (Wildman–Crippen LogP) is 2.03. The Morgan fingerprint density at radius 2 is 2.00 bits per heavy atom. The van der Waals surface area contributed by atoms with Crippen LogP contribution in [-0.2, 0) is 20.9 Å². The Kier molecular flexibility index (Phi) is 6.73. The van der Waals surface area contributed by atoms with E-state index in [1.807, 2.05) is 35.6 Å². The molecule has 0 saturated heterocycles. The second-order valence-electron chi connectivity index (χ2n) is 5.70. The Balaban J connectivity index is 2.05. The van der Waals surface area contributed by atoms with Gasteiger partial charge in [-0.05, 0) is 25.5 Å². The minimum Gasteiger partial charge on any atom is -0.449 e. The number of benzene rings is 1. The molecule has 0 aliphatic carbocycles. The number of carbonyl (C=O) groups excluding carboxylic acids is 3. The van der Waals surface area contributed by atoms with Crippen LogP contribution >= 0.6 is 11.6 Å². The van der Waals surface area contributed by atoms with Gasteiger partial charge in [0.15, 0.2) is 6.10 Å². The summed E-state index contributed by atoms with van der Waals surface area (Å²) in [7, 11) is 0. The van der Waals surface area contributed by atoms with Crippen LogP contribution in [0.1, 0.15) is 23.7 Å². The minimum atomic E-state index is -1.17. The van der Waals surface area contributed by atoms with Gasteiger partial charge in [-0.2, -0.15) is 5.10 Å². The van der Waals surface area contributed by atoms with Gasteiger partial charge < -0.3 is 10.5 Å². The van der Waals surface area contributed by atoms with Crippen LogP contribution in [0.2, 0.25) is 5.15 Å². The highest BCUT2D eigenvalue weighted by Crippen LogP contribution is 2.22. The molecule has 9 heteroatoms. The molecule has 1 aromatic carbocycles. The predicted molar refractivity (Wildman–Crippen MR) is 99.8 cm³/mol. The molecule has 27 heavy (non-hydrogen) atoms. The Morgan fingerprint density at radius 1 is 1.33 bits per heavy atom. The van der Waals surface area contributed by atoms with Crippen molar-refractivity contribution in [2.45, 2.75) is 26.5 Å². The molecule has 0 spiro atoms. The maximum absolute atomic E-state index is 11.9. The van der Waals surface area contributed by atoms with E-state index in [0.29, 0.717) is 23.0 Å². The van der Waals surface area contributed by atoms with E-state index >= 15 is 0 Å². The number of nitrogens with two attached hydrogens (primary N) is 1. The quantitative estimate of drug-likeness (QED) is 0.578. The van der Waals surface area contributed by atoms with Crippen molar-refractivity contribution in [2.75, 3.05) is 0 Å². The van der Waals surface area contributed by atoms with Crippen molar-refractivity contribution in [1.29, 1.82) is 0 Å². The summed E-state index contributed by atoms with van der Waals surface area (Å²) in [5.41, 5.74) is 7.08. The number of nitrogens with one attached hydrogen (secondary N) is 1. The van der Waals surface area contributed by atoms with Gasteiger partial charge in [0.1, 0.15) is 5.15 Å². The van der Waals surface area contributed by atoms with Crippen LogP contribution in [0.3, 0.4) is 0 Å². The summed E-state index contributed by atoms with van der Waals surface area (Å²) in [6.45, 7) is 3.57. The maximum Gasteiger partial charge on any atom is 0.331 e. The number of imide groups is 1. The highest BCUT2D eigenvalue weighted by molar-refractivity contribution is 6.31. The summed E-state index contributed by atoms with van der Waals surface area (Å²) < 4.78 is 6.53. The zero-order valence-corrected chi connectivity index (χ0v) is 15.6. The lowest BCUT2D eigenvalue weighted by atomic mass is 10.2. The molecule has 0 radical (unpaired) electrons. The number of urea groups is 1. The number of esters is 1. The topological polar surface area (TPSA) is 116 Å². The summed E-state index contributed by atoms with van der Waals surface area (Å²) in [6.07, 6.45) is 1.43. The third-order valence-electron chi connectivity index (χ3n) is 3.58. The van der Waals surface area contributed by atoms with Crippen LogP contribution in [-0.4, -0.2) is 33.8 Å². The molecule has 0 bridgehead atoms. The van der Waals surface area contributed by atoms with Crippen LogP contribution in [0.15, 0.2) is 36.4 Å². The van der Waals surface area contributed by atoms with E-state index < -0.39 is 24.0 Å². The number of primary amides is 1. The van der Waals surface area contributed by atoms with Crippen molar-refractivity contribution in [3.63, 3.8) is 0 Å². The number of amides is 3. The molecule has 0 unspecified atom stereocenters. The molecule has 0 saturated carbocycles. The first-order valence-electron chi connectivity index (χ1n) is 8.03. The first-order chi connectivity index (χ1) is 12.8. The molecule has 142 valence electrons. The largest absolute Gasteiger partial charge is 0.449 e. The van der Waals surface area contributed by atoms with Gasteiger partial charge in [0, 0.05) is 11.6 Å². The third-order valence-corrected chi connectivity index (χ3v) is 3.98. The van der Waals surface area contributed by atoms with Crippen molar-refractivity contribution in [1.82, 2.24) is 15.1 Å². The zero-order chi connectivity index (χ0) is 20.0. The number of carbonyl (C=O) groups is 3. The lowest BCUT2D eigenvalue weighted by molar-refractivity contribution is -0.149. The molecule has 2 aromatic rings. The Labute approximate surface area is 160 Å². The molecule has 2 rings (SSSR count). The van der Waals surface area contributed by atoms with Crippen molar-refractivity contribution in [3.05, 3.63) is 58.4 Å². The normalized spacial score (nSPS) is 12.0. The number of hydrogen-bond acceptors (Lipinski definition) is 5. The first-order valence-corrected chi connectivity index (χ1v) is 8.41. The van der Waals surface area contributed by atoms with Crippen molar-refractivity contribution in [2.24, 2.45) is 5.73 Å². The minimum absolute atomic E-state index is 0.375. The van der Waals surface area contributed by atoms with Crippen LogP contribution in [0.25, 0.3) is 6.08 Å². The van der Waals surface area contributed by atoms with Crippen LogP contribution < -0.4 is 11.1 Å². The number of aromatic nitrogens is 2. The van der Waals surface area contributed by atoms with Gasteiger partial charge in [0.25, 0.3) is 5.91 Å². The van der Waals surface area contributed by atoms with E-state index in [9.17, 15) is 14.4 Å². The van der Waals surface area contributed by atoms with E-state index in [-0.39, 0.29) is 0 Å². The third kappa shape index (κ3) is 5.68. The van der Waals surface area contributed by atoms with Gasteiger partial charge in [-0.15, -0.1) is 0 Å². The van der Waals surface area contributed by atoms with Crippen molar-refractivity contribution >= 4 is 35.6 Å². The summed E-state index contributed by atoms with van der Waals surface area (Å²) >= 11 is 6.36. The highest BCUT2D eigenvalue weighted by Gasteiger charge is 2.18. The summed E-state index contributed by atoms with van der Waals surface area (Å²) in [5.74, 6) is -1.58. The van der Waals surface area contributed by atoms with Gasteiger partial charge >= 0.3 is 12.0 Å². The maximum atomic E-state index is 11.9. The monoisotopic (exact) mass is 390 g/mol. The number of halogens is 1. The standard InChI is InChI=1S/C18H19ClN4O4/c1-11-14(8-9-15(24)27-12(2)17(25)21-18(20)26)16(19)23(22-11)10-13-6-4-3-5-7-13/h3-9,12H,10H2,1-2H3,(H3,20,21,25,26)/b9-8+/t12-/m1/s1. The molecule has 1 aromatic heterocycles. The molecular weight excluding hydrogens is 372 g/mol. The van der Waals surface area contributed by atoms with Crippen molar-refractivity contribution < 1.29 is 19.1 Å². The molecule has 1 atom stereocenters.